The highest BCUT2D eigenvalue weighted by Crippen LogP contribution is 2.32. The molecule has 2 aromatic carbocycles. The van der Waals surface area contributed by atoms with Gasteiger partial charge in [-0.3, -0.25) is 4.99 Å². The Labute approximate surface area is 148 Å². The van der Waals surface area contributed by atoms with E-state index in [1.165, 1.54) is 16.0 Å². The maximum absolute atomic E-state index is 5.42. The molecule has 0 spiro atoms. The van der Waals surface area contributed by atoms with Crippen LogP contribution >= 0.6 is 24.2 Å². The van der Waals surface area contributed by atoms with Crippen LogP contribution in [0.25, 0.3) is 0 Å². The van der Waals surface area contributed by atoms with Crippen molar-refractivity contribution in [1.82, 2.24) is 5.32 Å². The van der Waals surface area contributed by atoms with Crippen LogP contribution in [-0.4, -0.2) is 26.0 Å². The minimum absolute atomic E-state index is 0. The van der Waals surface area contributed by atoms with Gasteiger partial charge in [-0.1, -0.05) is 36.4 Å². The minimum atomic E-state index is 0. The molecule has 0 saturated heterocycles. The Balaban J connectivity index is 0.00000192. The molecule has 0 amide bonds. The SMILES string of the molecule is COc1ccccc1SCc1ccccc1C1=NCCCN1.Cl. The fraction of sp³-hybridized carbons (Fsp3) is 0.278. The number of thioether (sulfide) groups is 1. The summed E-state index contributed by atoms with van der Waals surface area (Å²) in [6.45, 7) is 1.92. The van der Waals surface area contributed by atoms with Crippen molar-refractivity contribution in [1.29, 1.82) is 0 Å². The third-order valence-electron chi connectivity index (χ3n) is 3.62. The molecule has 1 N–H and O–H groups in total. The van der Waals surface area contributed by atoms with E-state index in [0.717, 1.165) is 36.8 Å². The zero-order valence-corrected chi connectivity index (χ0v) is 14.8. The summed E-state index contributed by atoms with van der Waals surface area (Å²) in [5.41, 5.74) is 2.51. The quantitative estimate of drug-likeness (QED) is 0.824. The first-order valence-electron chi connectivity index (χ1n) is 7.51. The standard InChI is InChI=1S/C18H20N2OS.ClH/c1-21-16-9-4-5-10-17(16)22-13-14-7-2-3-8-15(14)18-19-11-6-12-20-18;/h2-5,7-10H,6,11-13H2,1H3,(H,19,20);1H. The van der Waals surface area contributed by atoms with E-state index < -0.39 is 0 Å². The summed E-state index contributed by atoms with van der Waals surface area (Å²) in [7, 11) is 1.72. The van der Waals surface area contributed by atoms with Gasteiger partial charge in [-0.2, -0.15) is 0 Å². The number of amidine groups is 1. The lowest BCUT2D eigenvalue weighted by atomic mass is 10.1. The van der Waals surface area contributed by atoms with Crippen LogP contribution in [0.3, 0.4) is 0 Å². The van der Waals surface area contributed by atoms with E-state index >= 15 is 0 Å². The topological polar surface area (TPSA) is 33.6 Å². The number of hydrogen-bond acceptors (Lipinski definition) is 4. The van der Waals surface area contributed by atoms with E-state index in [4.69, 9.17) is 4.74 Å². The summed E-state index contributed by atoms with van der Waals surface area (Å²) in [4.78, 5) is 5.79. The van der Waals surface area contributed by atoms with Crippen molar-refractivity contribution in [2.45, 2.75) is 17.1 Å². The fourth-order valence-corrected chi connectivity index (χ4v) is 3.51. The molecule has 0 aliphatic carbocycles. The molecule has 0 atom stereocenters. The van der Waals surface area contributed by atoms with E-state index in [9.17, 15) is 0 Å². The highest BCUT2D eigenvalue weighted by Gasteiger charge is 2.12. The minimum Gasteiger partial charge on any atom is -0.496 e. The lowest BCUT2D eigenvalue weighted by molar-refractivity contribution is 0.405. The smallest absolute Gasteiger partial charge is 0.132 e. The summed E-state index contributed by atoms with van der Waals surface area (Å²) < 4.78 is 5.42. The Kier molecular flexibility index (Phi) is 6.81. The normalized spacial score (nSPS) is 13.5. The summed E-state index contributed by atoms with van der Waals surface area (Å²) in [6, 6.07) is 16.6. The largest absolute Gasteiger partial charge is 0.496 e. The van der Waals surface area contributed by atoms with Gasteiger partial charge in [-0.15, -0.1) is 24.2 Å². The fourth-order valence-electron chi connectivity index (χ4n) is 2.48. The van der Waals surface area contributed by atoms with Gasteiger partial charge < -0.3 is 10.1 Å². The number of hydrogen-bond donors (Lipinski definition) is 1. The molecule has 0 bridgehead atoms. The number of halogens is 1. The number of methoxy groups -OCH3 is 1. The molecule has 3 nitrogen and oxygen atoms in total. The summed E-state index contributed by atoms with van der Waals surface area (Å²) in [6.07, 6.45) is 1.11. The van der Waals surface area contributed by atoms with Gasteiger partial charge in [0.15, 0.2) is 0 Å². The number of para-hydroxylation sites is 1. The van der Waals surface area contributed by atoms with Crippen LogP contribution in [0.5, 0.6) is 5.75 Å². The van der Waals surface area contributed by atoms with Crippen molar-refractivity contribution >= 4 is 30.0 Å². The molecule has 1 heterocycles. The predicted octanol–water partition coefficient (Wildman–Crippen LogP) is 4.15. The van der Waals surface area contributed by atoms with Crippen LogP contribution < -0.4 is 10.1 Å². The number of ether oxygens (including phenoxy) is 1. The lowest BCUT2D eigenvalue weighted by Crippen LogP contribution is -2.30. The molecule has 1 aliphatic rings. The highest BCUT2D eigenvalue weighted by molar-refractivity contribution is 7.98. The van der Waals surface area contributed by atoms with Crippen LogP contribution in [0.15, 0.2) is 58.4 Å². The Morgan fingerprint density at radius 2 is 1.91 bits per heavy atom. The molecule has 2 aromatic rings. The van der Waals surface area contributed by atoms with Crippen LogP contribution in [0.4, 0.5) is 0 Å². The Morgan fingerprint density at radius 3 is 2.70 bits per heavy atom. The van der Waals surface area contributed by atoms with Crippen LogP contribution in [0.2, 0.25) is 0 Å². The van der Waals surface area contributed by atoms with Crippen molar-refractivity contribution < 1.29 is 4.74 Å². The summed E-state index contributed by atoms with van der Waals surface area (Å²) >= 11 is 1.80. The summed E-state index contributed by atoms with van der Waals surface area (Å²) in [5, 5.41) is 3.41. The molecule has 122 valence electrons. The average Bonchev–Trinajstić information content (AvgIpc) is 2.61. The van der Waals surface area contributed by atoms with Gasteiger partial charge in [0.2, 0.25) is 0 Å². The van der Waals surface area contributed by atoms with Crippen molar-refractivity contribution in [2.24, 2.45) is 4.99 Å². The molecule has 0 radical (unpaired) electrons. The van der Waals surface area contributed by atoms with E-state index in [1.807, 2.05) is 18.2 Å². The van der Waals surface area contributed by atoms with Gasteiger partial charge in [0.1, 0.15) is 11.6 Å². The maximum Gasteiger partial charge on any atom is 0.132 e. The van der Waals surface area contributed by atoms with Gasteiger partial charge in [0, 0.05) is 29.3 Å². The molecule has 0 unspecified atom stereocenters. The Bertz CT molecular complexity index is 676. The van der Waals surface area contributed by atoms with Gasteiger partial charge >= 0.3 is 0 Å². The van der Waals surface area contributed by atoms with E-state index in [0.29, 0.717) is 0 Å². The molecule has 3 rings (SSSR count). The zero-order valence-electron chi connectivity index (χ0n) is 13.1. The first-order valence-corrected chi connectivity index (χ1v) is 8.49. The second kappa shape index (κ2) is 8.85. The van der Waals surface area contributed by atoms with Gasteiger partial charge in [0.05, 0.1) is 7.11 Å². The molecular formula is C18H21ClN2OS. The molecule has 1 aliphatic heterocycles. The van der Waals surface area contributed by atoms with Crippen LogP contribution in [-0.2, 0) is 5.75 Å². The zero-order chi connectivity index (χ0) is 15.2. The molecule has 0 aromatic heterocycles. The number of nitrogens with zero attached hydrogens (tertiary/aromatic N) is 1. The third-order valence-corrected chi connectivity index (χ3v) is 4.73. The predicted molar refractivity (Wildman–Crippen MR) is 100 cm³/mol. The molecule has 0 saturated carbocycles. The van der Waals surface area contributed by atoms with Crippen molar-refractivity contribution in [3.05, 3.63) is 59.7 Å². The monoisotopic (exact) mass is 348 g/mol. The van der Waals surface area contributed by atoms with Crippen molar-refractivity contribution in [2.75, 3.05) is 20.2 Å². The number of rotatable bonds is 5. The Hall–Kier alpha value is -1.65. The number of benzene rings is 2. The Morgan fingerprint density at radius 1 is 1.13 bits per heavy atom. The highest BCUT2D eigenvalue weighted by atomic mass is 35.5. The average molecular weight is 349 g/mol. The van der Waals surface area contributed by atoms with E-state index in [1.54, 1.807) is 18.9 Å². The molecule has 0 fully saturated rings. The number of aliphatic imine (C=N–C) groups is 1. The third kappa shape index (κ3) is 4.43. The maximum atomic E-state index is 5.42. The molecule has 5 heteroatoms. The molecule has 23 heavy (non-hydrogen) atoms. The lowest BCUT2D eigenvalue weighted by Gasteiger charge is -2.17. The van der Waals surface area contributed by atoms with E-state index in [-0.39, 0.29) is 12.4 Å². The first kappa shape index (κ1) is 17.7. The van der Waals surface area contributed by atoms with Crippen molar-refractivity contribution in [3.8, 4) is 5.75 Å². The second-order valence-electron chi connectivity index (χ2n) is 5.11. The first-order chi connectivity index (χ1) is 10.9. The van der Waals surface area contributed by atoms with Crippen LogP contribution in [0.1, 0.15) is 17.5 Å². The molecular weight excluding hydrogens is 328 g/mol. The van der Waals surface area contributed by atoms with Gasteiger partial charge in [0.25, 0.3) is 0 Å². The second-order valence-corrected chi connectivity index (χ2v) is 6.12. The van der Waals surface area contributed by atoms with E-state index in [2.05, 4.69) is 40.6 Å². The van der Waals surface area contributed by atoms with Crippen molar-refractivity contribution in [3.63, 3.8) is 0 Å². The van der Waals surface area contributed by atoms with Crippen LogP contribution in [0, 0.1) is 0 Å². The summed E-state index contributed by atoms with van der Waals surface area (Å²) in [5.74, 6) is 2.86. The van der Waals surface area contributed by atoms with Gasteiger partial charge in [-0.25, -0.2) is 0 Å². The number of nitrogens with one attached hydrogen (secondary N) is 1. The van der Waals surface area contributed by atoms with Gasteiger partial charge in [-0.05, 0) is 24.1 Å².